The van der Waals surface area contributed by atoms with Crippen molar-refractivity contribution in [2.75, 3.05) is 13.2 Å². The molecule has 5 N–H and O–H groups in total. The van der Waals surface area contributed by atoms with Gasteiger partial charge in [-0.3, -0.25) is 4.79 Å². The minimum absolute atomic E-state index is 0.00594. The lowest BCUT2D eigenvalue weighted by Crippen LogP contribution is -2.61. The van der Waals surface area contributed by atoms with E-state index >= 15 is 0 Å². The molecule has 1 aliphatic heterocycles. The standard InChI is InChI=1S/C26H40O8/c1-14-8-25-6-4-17-23(2,13-33-22-21(31)20(30)19(29)16(11-27)34-22)9-15(28)10-24(17,3)18(25)5-7-26(14,32)12-25/h16-22,27,29-32H,1,4-13H2,2-3H3/t16-,17-,18+,19-,20+,21-,22-,23+,24-,25+,26-/m1/s1. The van der Waals surface area contributed by atoms with Crippen molar-refractivity contribution in [2.45, 2.75) is 102 Å². The van der Waals surface area contributed by atoms with Crippen LogP contribution in [-0.4, -0.2) is 80.8 Å². The molecule has 1 saturated heterocycles. The Morgan fingerprint density at radius 2 is 1.74 bits per heavy atom. The smallest absolute Gasteiger partial charge is 0.186 e. The Balaban J connectivity index is 1.38. The topological polar surface area (TPSA) is 137 Å². The Hall–Kier alpha value is -0.870. The molecule has 1 spiro atoms. The first-order valence-corrected chi connectivity index (χ1v) is 12.7. The summed E-state index contributed by atoms with van der Waals surface area (Å²) in [5.74, 6) is 0.751. The van der Waals surface area contributed by atoms with Gasteiger partial charge in [0, 0.05) is 18.3 Å². The van der Waals surface area contributed by atoms with E-state index in [1.54, 1.807) is 0 Å². The van der Waals surface area contributed by atoms with Crippen LogP contribution in [0.3, 0.4) is 0 Å². The highest BCUT2D eigenvalue weighted by molar-refractivity contribution is 5.81. The number of Topliss-reactive ketones (excluding diaryl/α,β-unsaturated/α-hetero) is 1. The fourth-order valence-electron chi connectivity index (χ4n) is 9.03. The molecule has 4 aliphatic carbocycles. The molecule has 0 aromatic carbocycles. The number of carbonyl (C=O) groups is 1. The van der Waals surface area contributed by atoms with E-state index in [9.17, 15) is 30.3 Å². The maximum absolute atomic E-state index is 13.1. The lowest BCUT2D eigenvalue weighted by atomic mass is 9.40. The molecule has 0 aromatic heterocycles. The average Bonchev–Trinajstić information content (AvgIpc) is 2.94. The number of ether oxygens (including phenoxy) is 2. The Morgan fingerprint density at radius 3 is 2.44 bits per heavy atom. The highest BCUT2D eigenvalue weighted by Crippen LogP contribution is 2.72. The van der Waals surface area contributed by atoms with Gasteiger partial charge in [0.2, 0.25) is 0 Å². The molecule has 5 aliphatic rings. The zero-order valence-corrected chi connectivity index (χ0v) is 20.3. The Labute approximate surface area is 201 Å². The van der Waals surface area contributed by atoms with Crippen LogP contribution in [-0.2, 0) is 14.3 Å². The van der Waals surface area contributed by atoms with E-state index in [0.717, 1.165) is 37.7 Å². The van der Waals surface area contributed by atoms with Gasteiger partial charge < -0.3 is 35.0 Å². The normalized spacial score (nSPS) is 55.1. The van der Waals surface area contributed by atoms with E-state index in [2.05, 4.69) is 20.4 Å². The van der Waals surface area contributed by atoms with Gasteiger partial charge in [0.05, 0.1) is 18.8 Å². The van der Waals surface area contributed by atoms with Crippen molar-refractivity contribution in [1.29, 1.82) is 0 Å². The average molecular weight is 481 g/mol. The monoisotopic (exact) mass is 480 g/mol. The number of aliphatic hydroxyl groups excluding tert-OH is 4. The van der Waals surface area contributed by atoms with Gasteiger partial charge in [-0.2, -0.15) is 0 Å². The van der Waals surface area contributed by atoms with E-state index in [1.807, 2.05) is 0 Å². The van der Waals surface area contributed by atoms with Gasteiger partial charge in [-0.15, -0.1) is 0 Å². The van der Waals surface area contributed by atoms with E-state index in [4.69, 9.17) is 9.47 Å². The van der Waals surface area contributed by atoms with Gasteiger partial charge in [-0.1, -0.05) is 20.4 Å². The molecule has 0 unspecified atom stereocenters. The first-order valence-electron chi connectivity index (χ1n) is 12.7. The third-order valence-corrected chi connectivity index (χ3v) is 10.4. The van der Waals surface area contributed by atoms with Crippen LogP contribution in [0.25, 0.3) is 0 Å². The number of rotatable bonds is 4. The molecule has 0 amide bonds. The number of ketones is 1. The third kappa shape index (κ3) is 3.48. The van der Waals surface area contributed by atoms with Crippen LogP contribution in [0.2, 0.25) is 0 Å². The first kappa shape index (κ1) is 24.8. The van der Waals surface area contributed by atoms with Gasteiger partial charge in [-0.05, 0) is 66.8 Å². The maximum Gasteiger partial charge on any atom is 0.186 e. The highest BCUT2D eigenvalue weighted by Gasteiger charge is 2.67. The number of hydrogen-bond acceptors (Lipinski definition) is 8. The van der Waals surface area contributed by atoms with Crippen molar-refractivity contribution < 1.29 is 39.8 Å². The van der Waals surface area contributed by atoms with E-state index < -0.39 is 48.3 Å². The molecule has 1 heterocycles. The molecule has 0 aromatic rings. The lowest BCUT2D eigenvalue weighted by Gasteiger charge is -2.64. The fraction of sp³-hybridized carbons (Fsp3) is 0.885. The Bertz CT molecular complexity index is 860. The Kier molecular flexibility index (Phi) is 5.89. The van der Waals surface area contributed by atoms with Crippen molar-refractivity contribution in [3.05, 3.63) is 12.2 Å². The summed E-state index contributed by atoms with van der Waals surface area (Å²) in [5, 5.41) is 51.1. The minimum atomic E-state index is -1.49. The van der Waals surface area contributed by atoms with Gasteiger partial charge in [-0.25, -0.2) is 0 Å². The van der Waals surface area contributed by atoms with Crippen molar-refractivity contribution in [3.8, 4) is 0 Å². The molecule has 8 nitrogen and oxygen atoms in total. The van der Waals surface area contributed by atoms with Crippen LogP contribution >= 0.6 is 0 Å². The van der Waals surface area contributed by atoms with Crippen LogP contribution in [0.4, 0.5) is 0 Å². The molecule has 8 heteroatoms. The largest absolute Gasteiger partial charge is 0.394 e. The molecule has 5 fully saturated rings. The summed E-state index contributed by atoms with van der Waals surface area (Å²) in [6.07, 6.45) is -0.611. The summed E-state index contributed by atoms with van der Waals surface area (Å²) in [6.45, 7) is 8.18. The molecule has 192 valence electrons. The molecular weight excluding hydrogens is 440 g/mol. The van der Waals surface area contributed by atoms with Gasteiger partial charge in [0.15, 0.2) is 6.29 Å². The number of carbonyl (C=O) groups excluding carboxylic acids is 1. The zero-order chi connectivity index (χ0) is 24.7. The van der Waals surface area contributed by atoms with Crippen LogP contribution < -0.4 is 0 Å². The van der Waals surface area contributed by atoms with E-state index in [0.29, 0.717) is 25.2 Å². The second-order valence-electron chi connectivity index (χ2n) is 12.6. The molecule has 4 saturated carbocycles. The van der Waals surface area contributed by atoms with Crippen LogP contribution in [0.15, 0.2) is 12.2 Å². The first-order chi connectivity index (χ1) is 15.9. The van der Waals surface area contributed by atoms with Gasteiger partial charge >= 0.3 is 0 Å². The molecule has 11 atom stereocenters. The summed E-state index contributed by atoms with van der Waals surface area (Å²) in [6, 6.07) is 0. The summed E-state index contributed by atoms with van der Waals surface area (Å²) >= 11 is 0. The second-order valence-corrected chi connectivity index (χ2v) is 12.6. The van der Waals surface area contributed by atoms with Crippen LogP contribution in [0, 0.1) is 28.1 Å². The maximum atomic E-state index is 13.1. The fourth-order valence-corrected chi connectivity index (χ4v) is 9.03. The second kappa shape index (κ2) is 8.07. The molecule has 0 radical (unpaired) electrons. The summed E-state index contributed by atoms with van der Waals surface area (Å²) in [7, 11) is 0. The van der Waals surface area contributed by atoms with Crippen molar-refractivity contribution >= 4 is 5.78 Å². The summed E-state index contributed by atoms with van der Waals surface area (Å²) in [5.41, 5.74) is -0.492. The predicted octanol–water partition coefficient (Wildman–Crippen LogP) is 1.07. The zero-order valence-electron chi connectivity index (χ0n) is 20.3. The van der Waals surface area contributed by atoms with E-state index in [1.165, 1.54) is 0 Å². The summed E-state index contributed by atoms with van der Waals surface area (Å²) < 4.78 is 11.5. The van der Waals surface area contributed by atoms with E-state index in [-0.39, 0.29) is 29.1 Å². The third-order valence-electron chi connectivity index (χ3n) is 10.4. The van der Waals surface area contributed by atoms with Gasteiger partial charge in [0.1, 0.15) is 30.2 Å². The molecule has 5 rings (SSSR count). The molecular formula is C26H40O8. The SMILES string of the molecule is C=C1C[C@]23CC[C@@H]4[C@](C)(CO[C@@H]5O[C@H](CO)[C@@H](O)[C@H](O)[C@H]5O)CC(=O)C[C@@]4(C)[C@@H]2CC[C@@]1(O)C3. The minimum Gasteiger partial charge on any atom is -0.394 e. The number of fused-ring (bicyclic) bond motifs is 3. The highest BCUT2D eigenvalue weighted by atomic mass is 16.7. The van der Waals surface area contributed by atoms with Crippen LogP contribution in [0.1, 0.15) is 65.2 Å². The quantitative estimate of drug-likeness (QED) is 0.377. The van der Waals surface area contributed by atoms with Crippen molar-refractivity contribution in [2.24, 2.45) is 28.1 Å². The van der Waals surface area contributed by atoms with Gasteiger partial charge in [0.25, 0.3) is 0 Å². The van der Waals surface area contributed by atoms with Crippen LogP contribution in [0.5, 0.6) is 0 Å². The molecule has 34 heavy (non-hydrogen) atoms. The predicted molar refractivity (Wildman–Crippen MR) is 121 cm³/mol. The molecule has 2 bridgehead atoms. The lowest BCUT2D eigenvalue weighted by molar-refractivity contribution is -0.310. The van der Waals surface area contributed by atoms with Crippen molar-refractivity contribution in [1.82, 2.24) is 0 Å². The summed E-state index contributed by atoms with van der Waals surface area (Å²) in [4.78, 5) is 13.1. The number of hydrogen-bond donors (Lipinski definition) is 5. The van der Waals surface area contributed by atoms with Crippen molar-refractivity contribution in [3.63, 3.8) is 0 Å². The number of aliphatic hydroxyl groups is 5. The Morgan fingerprint density at radius 1 is 1.03 bits per heavy atom.